The van der Waals surface area contributed by atoms with E-state index in [0.29, 0.717) is 19.8 Å². The summed E-state index contributed by atoms with van der Waals surface area (Å²) in [5.41, 5.74) is 0.264. The Kier molecular flexibility index (Phi) is 3.82. The highest BCUT2D eigenvalue weighted by Gasteiger charge is 2.35. The van der Waals surface area contributed by atoms with Crippen LogP contribution in [-0.4, -0.2) is 66.8 Å². The lowest BCUT2D eigenvalue weighted by Crippen LogP contribution is -2.45. The Morgan fingerprint density at radius 2 is 2.14 bits per heavy atom. The lowest BCUT2D eigenvalue weighted by atomic mass is 10.1. The molecule has 2 bridgehead atoms. The Balaban J connectivity index is 1.87. The molecule has 6 heteroatoms. The number of halogens is 1. The molecule has 2 aliphatic rings. The molecule has 0 aliphatic carbocycles. The van der Waals surface area contributed by atoms with E-state index in [1.54, 1.807) is 4.90 Å². The third kappa shape index (κ3) is 2.87. The molecule has 3 rings (SSSR count). The number of carbonyl (C=O) groups is 1. The van der Waals surface area contributed by atoms with Crippen LogP contribution in [0.4, 0.5) is 4.39 Å². The number of phenols is 1. The van der Waals surface area contributed by atoms with Crippen LogP contribution < -0.4 is 0 Å². The normalized spacial score (nSPS) is 26.5. The second kappa shape index (κ2) is 5.61. The van der Waals surface area contributed by atoms with Gasteiger partial charge in [0.2, 0.25) is 0 Å². The van der Waals surface area contributed by atoms with E-state index >= 15 is 0 Å². The van der Waals surface area contributed by atoms with Gasteiger partial charge in [-0.15, -0.1) is 0 Å². The highest BCUT2D eigenvalue weighted by Crippen LogP contribution is 2.23. The first-order valence-electron chi connectivity index (χ1n) is 7.10. The molecule has 21 heavy (non-hydrogen) atoms. The Labute approximate surface area is 122 Å². The van der Waals surface area contributed by atoms with Crippen LogP contribution >= 0.6 is 0 Å². The van der Waals surface area contributed by atoms with Crippen molar-refractivity contribution in [1.82, 2.24) is 9.80 Å². The monoisotopic (exact) mass is 294 g/mol. The molecule has 0 radical (unpaired) electrons. The summed E-state index contributed by atoms with van der Waals surface area (Å²) in [6.07, 6.45) is 0. The summed E-state index contributed by atoms with van der Waals surface area (Å²) in [6, 6.07) is 3.75. The molecule has 5 nitrogen and oxygen atoms in total. The van der Waals surface area contributed by atoms with Crippen LogP contribution in [0.3, 0.4) is 0 Å². The highest BCUT2D eigenvalue weighted by atomic mass is 19.1. The predicted octanol–water partition coefficient (Wildman–Crippen LogP) is 0.934. The Morgan fingerprint density at radius 1 is 1.33 bits per heavy atom. The number of aromatic hydroxyl groups is 1. The van der Waals surface area contributed by atoms with E-state index < -0.39 is 11.6 Å². The average Bonchev–Trinajstić information content (AvgIpc) is 2.71. The van der Waals surface area contributed by atoms with E-state index in [1.807, 2.05) is 7.05 Å². The van der Waals surface area contributed by atoms with Crippen LogP contribution in [-0.2, 0) is 4.74 Å². The molecule has 2 atom stereocenters. The van der Waals surface area contributed by atoms with Gasteiger partial charge in [0.05, 0.1) is 19.3 Å². The van der Waals surface area contributed by atoms with E-state index in [4.69, 9.17) is 4.74 Å². The first-order chi connectivity index (χ1) is 10.0. The number of ether oxygens (including phenoxy) is 1. The number of carbonyl (C=O) groups excluding carboxylic acids is 1. The zero-order valence-electron chi connectivity index (χ0n) is 12.0. The molecule has 1 N–H and O–H groups in total. The average molecular weight is 294 g/mol. The van der Waals surface area contributed by atoms with Crippen LogP contribution in [0.1, 0.15) is 10.4 Å². The van der Waals surface area contributed by atoms with Gasteiger partial charge in [0.1, 0.15) is 0 Å². The number of hydrogen-bond donors (Lipinski definition) is 1. The number of nitrogens with zero attached hydrogens (tertiary/aromatic N) is 2. The molecule has 0 saturated carbocycles. The van der Waals surface area contributed by atoms with E-state index in [0.717, 1.165) is 19.2 Å². The third-order valence-electron chi connectivity index (χ3n) is 4.11. The lowest BCUT2D eigenvalue weighted by Gasteiger charge is -2.29. The minimum Gasteiger partial charge on any atom is -0.505 e. The number of phenolic OH excluding ortho intramolecular Hbond substituents is 1. The van der Waals surface area contributed by atoms with Gasteiger partial charge in [-0.3, -0.25) is 4.79 Å². The largest absolute Gasteiger partial charge is 0.505 e. The van der Waals surface area contributed by atoms with E-state index in [-0.39, 0.29) is 23.4 Å². The standard InChI is InChI=1S/C15H19FN2O3/c1-17-5-10-6-18(12(7-17)9-21-8-10)15(20)11-2-3-14(19)13(16)4-11/h2-4,10,12,19H,5-9H2,1H3/t10-,12-/m0/s1. The molecular formula is C15H19FN2O3. The SMILES string of the molecule is CN1C[C@@H]2COC[C@H](C1)N(C(=O)c1ccc(O)c(F)c1)C2. The van der Waals surface area contributed by atoms with Crippen LogP contribution in [0, 0.1) is 11.7 Å². The van der Waals surface area contributed by atoms with Gasteiger partial charge < -0.3 is 19.6 Å². The van der Waals surface area contributed by atoms with Crippen molar-refractivity contribution in [2.24, 2.45) is 5.92 Å². The number of amides is 1. The van der Waals surface area contributed by atoms with E-state index in [1.165, 1.54) is 12.1 Å². The number of likely N-dealkylation sites (N-methyl/N-ethyl adjacent to an activating group) is 1. The van der Waals surface area contributed by atoms with Gasteiger partial charge in [-0.2, -0.15) is 0 Å². The zero-order valence-corrected chi connectivity index (χ0v) is 12.0. The summed E-state index contributed by atoms with van der Waals surface area (Å²) < 4.78 is 19.1. The van der Waals surface area contributed by atoms with Crippen molar-refractivity contribution in [3.63, 3.8) is 0 Å². The number of fused-ring (bicyclic) bond motifs is 3. The van der Waals surface area contributed by atoms with Gasteiger partial charge in [0.15, 0.2) is 11.6 Å². The Hall–Kier alpha value is -1.66. The van der Waals surface area contributed by atoms with Gasteiger partial charge >= 0.3 is 0 Å². The molecule has 0 spiro atoms. The van der Waals surface area contributed by atoms with Crippen molar-refractivity contribution in [2.45, 2.75) is 6.04 Å². The lowest BCUT2D eigenvalue weighted by molar-refractivity contribution is 0.0483. The predicted molar refractivity (Wildman–Crippen MR) is 74.7 cm³/mol. The fourth-order valence-electron chi connectivity index (χ4n) is 3.13. The summed E-state index contributed by atoms with van der Waals surface area (Å²) >= 11 is 0. The van der Waals surface area contributed by atoms with Gasteiger partial charge in [0, 0.05) is 31.1 Å². The number of benzene rings is 1. The van der Waals surface area contributed by atoms with E-state index in [9.17, 15) is 14.3 Å². The summed E-state index contributed by atoms with van der Waals surface area (Å²) in [5, 5.41) is 9.24. The fourth-order valence-corrected chi connectivity index (χ4v) is 3.13. The van der Waals surface area contributed by atoms with Crippen LogP contribution in [0.5, 0.6) is 5.75 Å². The van der Waals surface area contributed by atoms with Crippen molar-refractivity contribution < 1.29 is 19.0 Å². The van der Waals surface area contributed by atoms with Crippen molar-refractivity contribution in [3.05, 3.63) is 29.6 Å². The fraction of sp³-hybridized carbons (Fsp3) is 0.533. The van der Waals surface area contributed by atoms with Gasteiger partial charge in [0.25, 0.3) is 5.91 Å². The minimum atomic E-state index is -0.771. The van der Waals surface area contributed by atoms with Gasteiger partial charge in [-0.1, -0.05) is 0 Å². The van der Waals surface area contributed by atoms with Gasteiger partial charge in [-0.05, 0) is 25.2 Å². The van der Waals surface area contributed by atoms with Crippen molar-refractivity contribution in [3.8, 4) is 5.75 Å². The molecule has 2 fully saturated rings. The molecule has 1 aromatic rings. The summed E-state index contributed by atoms with van der Waals surface area (Å²) in [6.45, 7) is 3.42. The summed E-state index contributed by atoms with van der Waals surface area (Å²) in [7, 11) is 2.04. The maximum atomic E-state index is 13.5. The summed E-state index contributed by atoms with van der Waals surface area (Å²) in [4.78, 5) is 16.7. The topological polar surface area (TPSA) is 53.0 Å². The smallest absolute Gasteiger partial charge is 0.254 e. The highest BCUT2D eigenvalue weighted by molar-refractivity contribution is 5.94. The maximum Gasteiger partial charge on any atom is 0.254 e. The molecule has 114 valence electrons. The quantitative estimate of drug-likeness (QED) is 0.837. The second-order valence-electron chi connectivity index (χ2n) is 5.90. The molecule has 1 amide bonds. The van der Waals surface area contributed by atoms with Crippen molar-refractivity contribution in [1.29, 1.82) is 0 Å². The summed E-state index contributed by atoms with van der Waals surface area (Å²) in [5.74, 6) is -1.14. The van der Waals surface area contributed by atoms with Gasteiger partial charge in [-0.25, -0.2) is 4.39 Å². The molecule has 2 heterocycles. The number of hydrogen-bond acceptors (Lipinski definition) is 4. The first-order valence-corrected chi connectivity index (χ1v) is 7.10. The molecule has 0 unspecified atom stereocenters. The molecular weight excluding hydrogens is 275 g/mol. The third-order valence-corrected chi connectivity index (χ3v) is 4.11. The Morgan fingerprint density at radius 3 is 2.90 bits per heavy atom. The Bertz CT molecular complexity index is 552. The van der Waals surface area contributed by atoms with E-state index in [2.05, 4.69) is 4.90 Å². The van der Waals surface area contributed by atoms with Crippen molar-refractivity contribution >= 4 is 5.91 Å². The first kappa shape index (κ1) is 14.3. The maximum absolute atomic E-state index is 13.5. The van der Waals surface area contributed by atoms with Crippen LogP contribution in [0.15, 0.2) is 18.2 Å². The number of rotatable bonds is 1. The molecule has 0 aromatic heterocycles. The zero-order chi connectivity index (χ0) is 15.0. The molecule has 2 aliphatic heterocycles. The van der Waals surface area contributed by atoms with Crippen molar-refractivity contribution in [2.75, 3.05) is 39.9 Å². The van der Waals surface area contributed by atoms with Crippen LogP contribution in [0.2, 0.25) is 0 Å². The molecule has 2 saturated heterocycles. The minimum absolute atomic E-state index is 0.0214. The molecule has 1 aromatic carbocycles. The second-order valence-corrected chi connectivity index (χ2v) is 5.90. The van der Waals surface area contributed by atoms with Crippen LogP contribution in [0.25, 0.3) is 0 Å².